The molecular formula is C28H52NO6+. The van der Waals surface area contributed by atoms with Gasteiger partial charge in [0.2, 0.25) is 0 Å². The molecular weight excluding hydrogens is 446 g/mol. The third kappa shape index (κ3) is 22.3. The molecule has 0 aromatic carbocycles. The average Bonchev–Trinajstić information content (AvgIpc) is 2.80. The molecule has 0 heterocycles. The van der Waals surface area contributed by atoms with Crippen LogP contribution in [0, 0.1) is 0 Å². The van der Waals surface area contributed by atoms with Crippen molar-refractivity contribution in [3.63, 3.8) is 0 Å². The van der Waals surface area contributed by atoms with E-state index < -0.39 is 17.9 Å². The van der Waals surface area contributed by atoms with Crippen LogP contribution in [0.4, 0.5) is 0 Å². The van der Waals surface area contributed by atoms with Gasteiger partial charge in [-0.1, -0.05) is 51.2 Å². The topological polar surface area (TPSA) is 112 Å². The summed E-state index contributed by atoms with van der Waals surface area (Å²) in [5.41, 5.74) is 0. The third-order valence-corrected chi connectivity index (χ3v) is 6.71. The Morgan fingerprint density at radius 3 is 1.31 bits per heavy atom. The SMILES string of the molecule is CCCCCCCC/C=C/CCC[N+](CCCCC(=O)O)(CCCCC(=O)O)CCCCC(=O)O. The van der Waals surface area contributed by atoms with Gasteiger partial charge in [-0.25, -0.2) is 0 Å². The summed E-state index contributed by atoms with van der Waals surface area (Å²) in [7, 11) is 0. The second-order valence-electron chi connectivity index (χ2n) is 9.96. The molecule has 0 unspecified atom stereocenters. The van der Waals surface area contributed by atoms with E-state index in [0.717, 1.165) is 69.2 Å². The van der Waals surface area contributed by atoms with Gasteiger partial charge in [-0.2, -0.15) is 0 Å². The molecule has 3 N–H and O–H groups in total. The van der Waals surface area contributed by atoms with Crippen LogP contribution >= 0.6 is 0 Å². The lowest BCUT2D eigenvalue weighted by atomic mass is 10.1. The molecule has 0 spiro atoms. The smallest absolute Gasteiger partial charge is 0.303 e. The Bertz CT molecular complexity index is 535. The van der Waals surface area contributed by atoms with E-state index >= 15 is 0 Å². The first-order valence-electron chi connectivity index (χ1n) is 14.0. The highest BCUT2D eigenvalue weighted by atomic mass is 16.4. The first-order valence-corrected chi connectivity index (χ1v) is 14.0. The Labute approximate surface area is 213 Å². The summed E-state index contributed by atoms with van der Waals surface area (Å²) in [6.07, 6.45) is 20.4. The van der Waals surface area contributed by atoms with Gasteiger partial charge in [0, 0.05) is 25.7 Å². The number of carbonyl (C=O) groups is 3. The molecule has 7 nitrogen and oxygen atoms in total. The molecule has 0 aliphatic heterocycles. The summed E-state index contributed by atoms with van der Waals surface area (Å²) >= 11 is 0. The molecule has 0 atom stereocenters. The molecule has 0 bridgehead atoms. The second kappa shape index (κ2) is 22.6. The fraction of sp³-hybridized carbons (Fsp3) is 0.821. The van der Waals surface area contributed by atoms with Gasteiger partial charge in [0.15, 0.2) is 0 Å². The first-order chi connectivity index (χ1) is 16.8. The average molecular weight is 499 g/mol. The van der Waals surface area contributed by atoms with E-state index in [2.05, 4.69) is 19.1 Å². The number of rotatable bonds is 26. The van der Waals surface area contributed by atoms with Crippen LogP contribution in [0.3, 0.4) is 0 Å². The van der Waals surface area contributed by atoms with Crippen molar-refractivity contribution in [3.8, 4) is 0 Å². The fourth-order valence-electron chi connectivity index (χ4n) is 4.66. The molecule has 0 aliphatic rings. The minimum Gasteiger partial charge on any atom is -0.481 e. The number of hydrogen-bond donors (Lipinski definition) is 3. The maximum absolute atomic E-state index is 10.9. The maximum Gasteiger partial charge on any atom is 0.303 e. The van der Waals surface area contributed by atoms with Crippen molar-refractivity contribution < 1.29 is 34.2 Å². The van der Waals surface area contributed by atoms with E-state index in [1.54, 1.807) is 0 Å². The van der Waals surface area contributed by atoms with Crippen molar-refractivity contribution in [2.45, 2.75) is 122 Å². The van der Waals surface area contributed by atoms with Crippen LogP contribution in [0.2, 0.25) is 0 Å². The minimum atomic E-state index is -0.776. The molecule has 7 heteroatoms. The van der Waals surface area contributed by atoms with Crippen molar-refractivity contribution in [2.75, 3.05) is 26.2 Å². The summed E-state index contributed by atoms with van der Waals surface area (Å²) in [5, 5.41) is 27.0. The zero-order valence-corrected chi connectivity index (χ0v) is 22.2. The molecule has 0 rings (SSSR count). The molecule has 0 saturated carbocycles. The number of carboxylic acid groups (broad SMARTS) is 3. The summed E-state index contributed by atoms with van der Waals surface area (Å²) in [6.45, 7) is 5.81. The second-order valence-corrected chi connectivity index (χ2v) is 9.96. The number of hydrogen-bond acceptors (Lipinski definition) is 3. The van der Waals surface area contributed by atoms with E-state index in [0.29, 0.717) is 19.3 Å². The molecule has 0 amide bonds. The van der Waals surface area contributed by atoms with E-state index in [-0.39, 0.29) is 19.3 Å². The maximum atomic E-state index is 10.9. The Morgan fingerprint density at radius 2 is 0.886 bits per heavy atom. The van der Waals surface area contributed by atoms with Gasteiger partial charge < -0.3 is 19.8 Å². The number of aliphatic carboxylic acids is 3. The summed E-state index contributed by atoms with van der Waals surface area (Å²) in [5.74, 6) is -2.33. The number of unbranched alkanes of at least 4 members (excludes halogenated alkanes) is 10. The van der Waals surface area contributed by atoms with Crippen LogP contribution in [0.25, 0.3) is 0 Å². The van der Waals surface area contributed by atoms with Gasteiger partial charge >= 0.3 is 17.9 Å². The molecule has 204 valence electrons. The van der Waals surface area contributed by atoms with Gasteiger partial charge in [-0.15, -0.1) is 0 Å². The highest BCUT2D eigenvalue weighted by molar-refractivity contribution is 5.67. The predicted octanol–water partition coefficient (Wildman–Crippen LogP) is 6.65. The lowest BCUT2D eigenvalue weighted by Crippen LogP contribution is -2.50. The van der Waals surface area contributed by atoms with E-state index in [9.17, 15) is 14.4 Å². The highest BCUT2D eigenvalue weighted by Crippen LogP contribution is 2.19. The van der Waals surface area contributed by atoms with Crippen LogP contribution in [0.5, 0.6) is 0 Å². The van der Waals surface area contributed by atoms with Gasteiger partial charge in [-0.3, -0.25) is 14.4 Å². The Hall–Kier alpha value is -1.89. The number of nitrogens with zero attached hydrogens (tertiary/aromatic N) is 1. The molecule has 0 aromatic heterocycles. The van der Waals surface area contributed by atoms with Crippen molar-refractivity contribution in [1.82, 2.24) is 0 Å². The Balaban J connectivity index is 4.78. The van der Waals surface area contributed by atoms with Gasteiger partial charge in [0.1, 0.15) is 0 Å². The van der Waals surface area contributed by atoms with Gasteiger partial charge in [0.05, 0.1) is 26.2 Å². The fourth-order valence-corrected chi connectivity index (χ4v) is 4.66. The lowest BCUT2D eigenvalue weighted by molar-refractivity contribution is -0.929. The zero-order chi connectivity index (χ0) is 26.2. The monoisotopic (exact) mass is 498 g/mol. The van der Waals surface area contributed by atoms with Crippen molar-refractivity contribution in [3.05, 3.63) is 12.2 Å². The van der Waals surface area contributed by atoms with Crippen molar-refractivity contribution in [2.24, 2.45) is 0 Å². The summed E-state index contributed by atoms with van der Waals surface area (Å²) < 4.78 is 0.837. The summed E-state index contributed by atoms with van der Waals surface area (Å²) in [4.78, 5) is 32.8. The standard InChI is InChI=1S/C28H51NO6/c1-2-3-4-5-6-7-8-9-10-11-15-22-29(23-16-12-19-26(30)31,24-17-13-20-27(32)33)25-18-14-21-28(34)35/h9-10H,2-8,11-25H2,1H3,(H2-,30,31,32,33,34,35)/p+1/b10-9+. The third-order valence-electron chi connectivity index (χ3n) is 6.71. The van der Waals surface area contributed by atoms with Crippen LogP contribution in [0.15, 0.2) is 12.2 Å². The first kappa shape index (κ1) is 33.1. The van der Waals surface area contributed by atoms with E-state index in [4.69, 9.17) is 15.3 Å². The number of quaternary nitrogens is 1. The minimum absolute atomic E-state index is 0.166. The molecule has 0 radical (unpaired) electrons. The predicted molar refractivity (Wildman–Crippen MR) is 141 cm³/mol. The lowest BCUT2D eigenvalue weighted by Gasteiger charge is -2.39. The molecule has 0 fully saturated rings. The van der Waals surface area contributed by atoms with Crippen LogP contribution in [-0.4, -0.2) is 63.9 Å². The van der Waals surface area contributed by atoms with Gasteiger partial charge in [0.25, 0.3) is 0 Å². The highest BCUT2D eigenvalue weighted by Gasteiger charge is 2.26. The molecule has 0 saturated heterocycles. The number of allylic oxidation sites excluding steroid dienone is 2. The van der Waals surface area contributed by atoms with Gasteiger partial charge in [-0.05, 0) is 57.8 Å². The van der Waals surface area contributed by atoms with Crippen molar-refractivity contribution >= 4 is 17.9 Å². The quantitative estimate of drug-likeness (QED) is 0.0699. The molecule has 0 aromatic rings. The van der Waals surface area contributed by atoms with E-state index in [1.807, 2.05) is 0 Å². The van der Waals surface area contributed by atoms with Crippen LogP contribution in [-0.2, 0) is 14.4 Å². The molecule has 35 heavy (non-hydrogen) atoms. The normalized spacial score (nSPS) is 11.8. The molecule has 0 aliphatic carbocycles. The van der Waals surface area contributed by atoms with E-state index in [1.165, 1.54) is 38.5 Å². The largest absolute Gasteiger partial charge is 0.481 e. The zero-order valence-electron chi connectivity index (χ0n) is 22.2. The van der Waals surface area contributed by atoms with Crippen LogP contribution < -0.4 is 0 Å². The Morgan fingerprint density at radius 1 is 0.514 bits per heavy atom. The number of carboxylic acids is 3. The summed E-state index contributed by atoms with van der Waals surface area (Å²) in [6, 6.07) is 0. The van der Waals surface area contributed by atoms with Crippen LogP contribution in [0.1, 0.15) is 122 Å². The van der Waals surface area contributed by atoms with Crippen molar-refractivity contribution in [1.29, 1.82) is 0 Å². The Kier molecular flexibility index (Phi) is 21.3.